The summed E-state index contributed by atoms with van der Waals surface area (Å²) in [5, 5.41) is 2.99. The predicted octanol–water partition coefficient (Wildman–Crippen LogP) is 4.52. The van der Waals surface area contributed by atoms with Gasteiger partial charge in [-0.1, -0.05) is 35.9 Å². The van der Waals surface area contributed by atoms with Gasteiger partial charge in [0.2, 0.25) is 11.8 Å². The number of anilines is 2. The van der Waals surface area contributed by atoms with Crippen molar-refractivity contribution in [3.63, 3.8) is 0 Å². The molecular weight excluding hydrogens is 390 g/mol. The number of methoxy groups -OCH3 is 1. The van der Waals surface area contributed by atoms with E-state index >= 15 is 0 Å². The van der Waals surface area contributed by atoms with Crippen LogP contribution in [0.4, 0.5) is 11.4 Å². The van der Waals surface area contributed by atoms with Crippen molar-refractivity contribution in [3.05, 3.63) is 84.2 Å². The normalized spacial score (nSPS) is 18.5. The fourth-order valence-corrected chi connectivity index (χ4v) is 4.11. The second-order valence-electron chi connectivity index (χ2n) is 7.66. The van der Waals surface area contributed by atoms with Crippen molar-refractivity contribution in [2.24, 2.45) is 5.92 Å². The van der Waals surface area contributed by atoms with Crippen LogP contribution < -0.4 is 15.0 Å². The maximum Gasteiger partial charge on any atom is 0.229 e. The van der Waals surface area contributed by atoms with Crippen molar-refractivity contribution < 1.29 is 14.3 Å². The number of aromatic nitrogens is 1. The van der Waals surface area contributed by atoms with Crippen LogP contribution in [-0.2, 0) is 9.59 Å². The molecule has 31 heavy (non-hydrogen) atoms. The number of hydrogen-bond acceptors (Lipinski definition) is 4. The third-order valence-corrected chi connectivity index (χ3v) is 5.65. The lowest BCUT2D eigenvalue weighted by atomic mass is 9.82. The third-order valence-electron chi connectivity index (χ3n) is 5.65. The zero-order valence-electron chi connectivity index (χ0n) is 17.6. The molecule has 2 heterocycles. The number of nitrogens with one attached hydrogen (secondary N) is 1. The van der Waals surface area contributed by atoms with E-state index in [0.29, 0.717) is 24.3 Å². The van der Waals surface area contributed by atoms with Gasteiger partial charge >= 0.3 is 0 Å². The fraction of sp³-hybridized carbons (Fsp3) is 0.240. The van der Waals surface area contributed by atoms with Crippen LogP contribution in [0.3, 0.4) is 0 Å². The van der Waals surface area contributed by atoms with Gasteiger partial charge in [-0.25, -0.2) is 0 Å². The summed E-state index contributed by atoms with van der Waals surface area (Å²) in [4.78, 5) is 32.3. The molecule has 0 saturated carbocycles. The Labute approximate surface area is 181 Å². The molecule has 2 aromatic carbocycles. The maximum atomic E-state index is 13.4. The highest BCUT2D eigenvalue weighted by Gasteiger charge is 2.42. The summed E-state index contributed by atoms with van der Waals surface area (Å²) >= 11 is 0. The number of para-hydroxylation sites is 1. The molecule has 1 aromatic heterocycles. The van der Waals surface area contributed by atoms with Gasteiger partial charge in [-0.15, -0.1) is 0 Å². The van der Waals surface area contributed by atoms with E-state index in [2.05, 4.69) is 10.3 Å². The average molecular weight is 415 g/mol. The predicted molar refractivity (Wildman–Crippen MR) is 120 cm³/mol. The Bertz CT molecular complexity index is 1070. The molecule has 4 rings (SSSR count). The highest BCUT2D eigenvalue weighted by molar-refractivity contribution is 6.00. The average Bonchev–Trinajstić information content (AvgIpc) is 2.80. The van der Waals surface area contributed by atoms with E-state index in [9.17, 15) is 9.59 Å². The minimum absolute atomic E-state index is 0.00674. The number of rotatable bonds is 5. The molecule has 2 amide bonds. The molecule has 1 saturated heterocycles. The molecular formula is C25H25N3O3. The lowest BCUT2D eigenvalue weighted by Gasteiger charge is -2.41. The quantitative estimate of drug-likeness (QED) is 0.665. The SMILES string of the molecule is COc1ccccc1[C@H]1[C@@H](C(=O)Nc2ccncc2)CCC(=O)N1c1ccc(C)cc1. The molecule has 0 spiro atoms. The Kier molecular flexibility index (Phi) is 5.98. The van der Waals surface area contributed by atoms with Crippen LogP contribution in [0.15, 0.2) is 73.1 Å². The molecule has 1 aliphatic heterocycles. The molecule has 1 fully saturated rings. The molecule has 6 nitrogen and oxygen atoms in total. The molecule has 0 unspecified atom stereocenters. The summed E-state index contributed by atoms with van der Waals surface area (Å²) in [5.41, 5.74) is 3.37. The Morgan fingerprint density at radius 1 is 1.06 bits per heavy atom. The Morgan fingerprint density at radius 3 is 2.48 bits per heavy atom. The zero-order chi connectivity index (χ0) is 21.8. The van der Waals surface area contributed by atoms with Crippen LogP contribution in [0.5, 0.6) is 5.75 Å². The van der Waals surface area contributed by atoms with Crippen LogP contribution in [0.25, 0.3) is 0 Å². The highest BCUT2D eigenvalue weighted by atomic mass is 16.5. The topological polar surface area (TPSA) is 71.5 Å². The molecule has 158 valence electrons. The van der Waals surface area contributed by atoms with E-state index < -0.39 is 12.0 Å². The Morgan fingerprint density at radius 2 is 1.77 bits per heavy atom. The number of hydrogen-bond donors (Lipinski definition) is 1. The maximum absolute atomic E-state index is 13.4. The van der Waals surface area contributed by atoms with E-state index in [1.165, 1.54) is 0 Å². The first-order valence-corrected chi connectivity index (χ1v) is 10.3. The van der Waals surface area contributed by atoms with Crippen LogP contribution in [-0.4, -0.2) is 23.9 Å². The monoisotopic (exact) mass is 415 g/mol. The van der Waals surface area contributed by atoms with Crippen LogP contribution in [0, 0.1) is 12.8 Å². The number of nitrogens with zero attached hydrogens (tertiary/aromatic N) is 2. The molecule has 2 atom stereocenters. The Hall–Kier alpha value is -3.67. The van der Waals surface area contributed by atoms with E-state index in [0.717, 1.165) is 16.8 Å². The zero-order valence-corrected chi connectivity index (χ0v) is 17.6. The molecule has 0 aliphatic carbocycles. The molecule has 3 aromatic rings. The number of aryl methyl sites for hydroxylation is 1. The number of benzene rings is 2. The Balaban J connectivity index is 1.78. The minimum atomic E-state index is -0.484. The van der Waals surface area contributed by atoms with Gasteiger partial charge in [0.1, 0.15) is 5.75 Å². The van der Waals surface area contributed by atoms with Crippen molar-refractivity contribution >= 4 is 23.2 Å². The number of ether oxygens (including phenoxy) is 1. The number of carbonyl (C=O) groups excluding carboxylic acids is 2. The number of carbonyl (C=O) groups is 2. The van der Waals surface area contributed by atoms with Crippen molar-refractivity contribution in [1.29, 1.82) is 0 Å². The van der Waals surface area contributed by atoms with Gasteiger partial charge in [-0.05, 0) is 43.7 Å². The summed E-state index contributed by atoms with van der Waals surface area (Å²) in [5.74, 6) is 0.0731. The highest BCUT2D eigenvalue weighted by Crippen LogP contribution is 2.43. The van der Waals surface area contributed by atoms with E-state index in [4.69, 9.17) is 4.74 Å². The van der Waals surface area contributed by atoms with Crippen molar-refractivity contribution in [2.45, 2.75) is 25.8 Å². The molecule has 0 radical (unpaired) electrons. The molecule has 1 aliphatic rings. The van der Waals surface area contributed by atoms with Crippen molar-refractivity contribution in [2.75, 3.05) is 17.3 Å². The second kappa shape index (κ2) is 9.00. The fourth-order valence-electron chi connectivity index (χ4n) is 4.11. The first-order valence-electron chi connectivity index (χ1n) is 10.3. The third kappa shape index (κ3) is 4.28. The number of piperidine rings is 1. The van der Waals surface area contributed by atoms with E-state index in [1.807, 2.05) is 55.5 Å². The van der Waals surface area contributed by atoms with Gasteiger partial charge in [-0.2, -0.15) is 0 Å². The van der Waals surface area contributed by atoms with Gasteiger partial charge in [0.15, 0.2) is 0 Å². The number of pyridine rings is 1. The van der Waals surface area contributed by atoms with Gasteiger partial charge in [0, 0.05) is 35.8 Å². The molecule has 1 N–H and O–H groups in total. The first kappa shape index (κ1) is 20.6. The van der Waals surface area contributed by atoms with Gasteiger partial charge in [0.25, 0.3) is 0 Å². The first-order chi connectivity index (χ1) is 15.1. The van der Waals surface area contributed by atoms with Crippen molar-refractivity contribution in [3.8, 4) is 5.75 Å². The van der Waals surface area contributed by atoms with Gasteiger partial charge < -0.3 is 15.0 Å². The summed E-state index contributed by atoms with van der Waals surface area (Å²) in [7, 11) is 1.60. The van der Waals surface area contributed by atoms with Crippen molar-refractivity contribution in [1.82, 2.24) is 4.98 Å². The van der Waals surface area contributed by atoms with E-state index in [1.54, 1.807) is 36.5 Å². The van der Waals surface area contributed by atoms with E-state index in [-0.39, 0.29) is 11.8 Å². The largest absolute Gasteiger partial charge is 0.496 e. The van der Waals surface area contributed by atoms with Crippen LogP contribution >= 0.6 is 0 Å². The summed E-state index contributed by atoms with van der Waals surface area (Å²) in [6.45, 7) is 2.00. The summed E-state index contributed by atoms with van der Waals surface area (Å²) in [6.07, 6.45) is 4.03. The molecule has 0 bridgehead atoms. The minimum Gasteiger partial charge on any atom is -0.496 e. The van der Waals surface area contributed by atoms with Gasteiger partial charge in [0.05, 0.1) is 19.1 Å². The number of amides is 2. The lowest BCUT2D eigenvalue weighted by molar-refractivity contribution is -0.125. The summed E-state index contributed by atoms with van der Waals surface area (Å²) in [6, 6.07) is 18.4. The molecule has 6 heteroatoms. The van der Waals surface area contributed by atoms with Gasteiger partial charge in [-0.3, -0.25) is 14.6 Å². The lowest BCUT2D eigenvalue weighted by Crippen LogP contribution is -2.47. The standard InChI is InChI=1S/C25H25N3O3/c1-17-7-9-19(10-8-17)28-23(29)12-11-21(25(30)27-18-13-15-26-16-14-18)24(28)20-5-3-4-6-22(20)31-2/h3-10,13-16,21,24H,11-12H2,1-2H3,(H,26,27,30)/t21-,24-/m0/s1. The van der Waals surface area contributed by atoms with Crippen LogP contribution in [0.1, 0.15) is 30.0 Å². The van der Waals surface area contributed by atoms with Crippen LogP contribution in [0.2, 0.25) is 0 Å². The summed E-state index contributed by atoms with van der Waals surface area (Å²) < 4.78 is 5.61. The smallest absolute Gasteiger partial charge is 0.229 e. The second-order valence-corrected chi connectivity index (χ2v) is 7.66.